The lowest BCUT2D eigenvalue weighted by Gasteiger charge is -2.38. The predicted molar refractivity (Wildman–Crippen MR) is 82.1 cm³/mol. The molecule has 0 spiro atoms. The highest BCUT2D eigenvalue weighted by molar-refractivity contribution is 5.83. The smallest absolute Gasteiger partial charge is 0.326 e. The first-order valence-electron chi connectivity index (χ1n) is 7.65. The number of hydrogen-bond donors (Lipinski definition) is 1. The number of carbonyl (C=O) groups excluding carboxylic acids is 1. The van der Waals surface area contributed by atoms with E-state index in [1.165, 1.54) is 7.11 Å². The summed E-state index contributed by atoms with van der Waals surface area (Å²) in [4.78, 5) is 12.4. The van der Waals surface area contributed by atoms with Crippen molar-refractivity contribution in [1.29, 1.82) is 0 Å². The zero-order valence-electron chi connectivity index (χ0n) is 13.3. The van der Waals surface area contributed by atoms with Crippen molar-refractivity contribution in [1.82, 2.24) is 0 Å². The van der Waals surface area contributed by atoms with Gasteiger partial charge in [-0.1, -0.05) is 6.07 Å². The van der Waals surface area contributed by atoms with Gasteiger partial charge in [0.25, 0.3) is 0 Å². The van der Waals surface area contributed by atoms with Gasteiger partial charge in [0.1, 0.15) is 5.54 Å². The highest BCUT2D eigenvalue weighted by atomic mass is 16.5. The van der Waals surface area contributed by atoms with Crippen molar-refractivity contribution in [2.24, 2.45) is 17.6 Å². The first-order valence-corrected chi connectivity index (χ1v) is 7.65. The van der Waals surface area contributed by atoms with Crippen LogP contribution in [-0.4, -0.2) is 32.8 Å². The van der Waals surface area contributed by atoms with Gasteiger partial charge in [0.2, 0.25) is 0 Å². The van der Waals surface area contributed by atoms with Crippen LogP contribution in [0, 0.1) is 11.8 Å². The van der Waals surface area contributed by atoms with E-state index in [2.05, 4.69) is 0 Å². The molecule has 0 heterocycles. The molecule has 0 saturated heterocycles. The summed E-state index contributed by atoms with van der Waals surface area (Å²) in [7, 11) is 4.63. The second-order valence-electron chi connectivity index (χ2n) is 6.29. The molecule has 5 heteroatoms. The fraction of sp³-hybridized carbons (Fsp3) is 0.588. The van der Waals surface area contributed by atoms with Crippen molar-refractivity contribution >= 4 is 5.97 Å². The fourth-order valence-corrected chi connectivity index (χ4v) is 4.46. The molecule has 0 radical (unpaired) electrons. The zero-order valence-corrected chi connectivity index (χ0v) is 13.3. The Hall–Kier alpha value is -1.75. The Balaban J connectivity index is 2.04. The molecule has 2 fully saturated rings. The van der Waals surface area contributed by atoms with E-state index < -0.39 is 5.54 Å². The van der Waals surface area contributed by atoms with E-state index in [4.69, 9.17) is 19.9 Å². The molecule has 120 valence electrons. The third-order valence-corrected chi connectivity index (χ3v) is 5.44. The van der Waals surface area contributed by atoms with Gasteiger partial charge in [-0.15, -0.1) is 0 Å². The summed E-state index contributed by atoms with van der Waals surface area (Å²) in [5.41, 5.74) is 6.68. The molecule has 2 aliphatic rings. The number of rotatable bonds is 4. The first-order chi connectivity index (χ1) is 10.6. The SMILES string of the molecule is COC(=O)[C@]1(N)[C@@H]2CC[C@@H](C2)[C@H]1c1ccc(OC)c(OC)c1. The maximum atomic E-state index is 12.4. The third-order valence-electron chi connectivity index (χ3n) is 5.44. The van der Waals surface area contributed by atoms with Crippen LogP contribution in [0.1, 0.15) is 30.7 Å². The van der Waals surface area contributed by atoms with Gasteiger partial charge in [-0.25, -0.2) is 0 Å². The van der Waals surface area contributed by atoms with Crippen molar-refractivity contribution in [3.05, 3.63) is 23.8 Å². The predicted octanol–water partition coefficient (Wildman–Crippen LogP) is 2.09. The van der Waals surface area contributed by atoms with Crippen LogP contribution in [0.4, 0.5) is 0 Å². The van der Waals surface area contributed by atoms with E-state index in [-0.39, 0.29) is 17.8 Å². The van der Waals surface area contributed by atoms with Crippen LogP contribution in [0.3, 0.4) is 0 Å². The van der Waals surface area contributed by atoms with Crippen LogP contribution in [0.15, 0.2) is 18.2 Å². The highest BCUT2D eigenvalue weighted by Crippen LogP contribution is 2.58. The molecule has 1 aromatic rings. The normalized spacial score (nSPS) is 32.8. The number of hydrogen-bond acceptors (Lipinski definition) is 5. The Bertz CT molecular complexity index is 588. The Morgan fingerprint density at radius 1 is 1.18 bits per heavy atom. The highest BCUT2D eigenvalue weighted by Gasteiger charge is 2.61. The quantitative estimate of drug-likeness (QED) is 0.863. The van der Waals surface area contributed by atoms with Crippen molar-refractivity contribution in [2.75, 3.05) is 21.3 Å². The summed E-state index contributed by atoms with van der Waals surface area (Å²) >= 11 is 0. The summed E-state index contributed by atoms with van der Waals surface area (Å²) in [5.74, 6) is 1.62. The van der Waals surface area contributed by atoms with Crippen LogP contribution in [0.2, 0.25) is 0 Å². The molecule has 4 atom stereocenters. The molecular formula is C17H23NO4. The van der Waals surface area contributed by atoms with Crippen molar-refractivity contribution in [3.63, 3.8) is 0 Å². The second-order valence-corrected chi connectivity index (χ2v) is 6.29. The minimum Gasteiger partial charge on any atom is -0.493 e. The zero-order chi connectivity index (χ0) is 15.9. The van der Waals surface area contributed by atoms with Gasteiger partial charge in [0, 0.05) is 5.92 Å². The third kappa shape index (κ3) is 1.99. The fourth-order valence-electron chi connectivity index (χ4n) is 4.46. The molecule has 22 heavy (non-hydrogen) atoms. The van der Waals surface area contributed by atoms with E-state index in [0.717, 1.165) is 24.8 Å². The van der Waals surface area contributed by atoms with Gasteiger partial charge in [-0.2, -0.15) is 0 Å². The van der Waals surface area contributed by atoms with Gasteiger partial charge in [-0.3, -0.25) is 4.79 Å². The lowest BCUT2D eigenvalue weighted by Crippen LogP contribution is -2.57. The van der Waals surface area contributed by atoms with Gasteiger partial charge in [0.15, 0.2) is 11.5 Å². The summed E-state index contributed by atoms with van der Waals surface area (Å²) in [6, 6.07) is 5.80. The maximum absolute atomic E-state index is 12.4. The lowest BCUT2D eigenvalue weighted by atomic mass is 9.70. The molecule has 2 aliphatic carbocycles. The van der Waals surface area contributed by atoms with Crippen molar-refractivity contribution in [3.8, 4) is 11.5 Å². The van der Waals surface area contributed by atoms with E-state index in [1.54, 1.807) is 14.2 Å². The average Bonchev–Trinajstić information content (AvgIpc) is 3.13. The molecule has 3 rings (SSSR count). The van der Waals surface area contributed by atoms with Gasteiger partial charge in [0.05, 0.1) is 21.3 Å². The Morgan fingerprint density at radius 2 is 1.91 bits per heavy atom. The van der Waals surface area contributed by atoms with E-state index in [0.29, 0.717) is 17.4 Å². The van der Waals surface area contributed by atoms with Crippen molar-refractivity contribution < 1.29 is 19.0 Å². The van der Waals surface area contributed by atoms with Crippen LogP contribution in [-0.2, 0) is 9.53 Å². The van der Waals surface area contributed by atoms with E-state index in [9.17, 15) is 4.79 Å². The summed E-state index contributed by atoms with van der Waals surface area (Å²) in [6.07, 6.45) is 3.10. The Morgan fingerprint density at radius 3 is 2.55 bits per heavy atom. The molecule has 0 unspecified atom stereocenters. The number of methoxy groups -OCH3 is 3. The number of esters is 1. The van der Waals surface area contributed by atoms with Gasteiger partial charge < -0.3 is 19.9 Å². The molecular weight excluding hydrogens is 282 g/mol. The summed E-state index contributed by atoms with van der Waals surface area (Å²) in [5, 5.41) is 0. The average molecular weight is 305 g/mol. The topological polar surface area (TPSA) is 70.8 Å². The van der Waals surface area contributed by atoms with E-state index in [1.807, 2.05) is 18.2 Å². The Kier molecular flexibility index (Phi) is 3.77. The van der Waals surface area contributed by atoms with Crippen LogP contribution < -0.4 is 15.2 Å². The van der Waals surface area contributed by atoms with Crippen LogP contribution in [0.25, 0.3) is 0 Å². The van der Waals surface area contributed by atoms with Crippen LogP contribution >= 0.6 is 0 Å². The molecule has 2 bridgehead atoms. The van der Waals surface area contributed by atoms with E-state index >= 15 is 0 Å². The van der Waals surface area contributed by atoms with Crippen LogP contribution in [0.5, 0.6) is 11.5 Å². The molecule has 0 aromatic heterocycles. The number of fused-ring (bicyclic) bond motifs is 2. The second kappa shape index (κ2) is 5.47. The summed E-state index contributed by atoms with van der Waals surface area (Å²) in [6.45, 7) is 0. The minimum absolute atomic E-state index is 0.0292. The summed E-state index contributed by atoms with van der Waals surface area (Å²) < 4.78 is 15.7. The molecule has 1 aromatic carbocycles. The molecule has 0 aliphatic heterocycles. The first kappa shape index (κ1) is 15.2. The standard InChI is InChI=1S/C17H23NO4/c1-20-13-7-5-11(9-14(13)21-2)15-10-4-6-12(8-10)17(15,18)16(19)22-3/h5,7,9-10,12,15H,4,6,8,18H2,1-3H3/t10-,12+,15-,17-/m0/s1. The lowest BCUT2D eigenvalue weighted by molar-refractivity contribution is -0.150. The number of ether oxygens (including phenoxy) is 3. The molecule has 2 N–H and O–H groups in total. The molecule has 2 saturated carbocycles. The molecule has 0 amide bonds. The largest absolute Gasteiger partial charge is 0.493 e. The Labute approximate surface area is 130 Å². The number of carbonyl (C=O) groups is 1. The van der Waals surface area contributed by atoms with Crippen molar-refractivity contribution in [2.45, 2.75) is 30.7 Å². The molecule has 5 nitrogen and oxygen atoms in total. The maximum Gasteiger partial charge on any atom is 0.326 e. The van der Waals surface area contributed by atoms with Gasteiger partial charge in [-0.05, 0) is 48.8 Å². The van der Waals surface area contributed by atoms with Gasteiger partial charge >= 0.3 is 5.97 Å². The minimum atomic E-state index is -0.933. The number of benzene rings is 1. The monoisotopic (exact) mass is 305 g/mol. The number of nitrogens with two attached hydrogens (primary N) is 1.